The number of allylic oxidation sites excluding steroid dienone is 1. The lowest BCUT2D eigenvalue weighted by Crippen LogP contribution is -2.58. The topological polar surface area (TPSA) is 171 Å². The third-order valence-electron chi connectivity index (χ3n) is 13.2. The summed E-state index contributed by atoms with van der Waals surface area (Å²) in [5.41, 5.74) is -0.913. The second-order valence-corrected chi connectivity index (χ2v) is 19.4. The molecule has 1 aromatic carbocycles. The van der Waals surface area contributed by atoms with E-state index >= 15 is 0 Å². The number of amides is 4. The van der Waals surface area contributed by atoms with Crippen LogP contribution in [0.4, 0.5) is 18.0 Å². The summed E-state index contributed by atoms with van der Waals surface area (Å²) in [7, 11) is 0. The van der Waals surface area contributed by atoms with E-state index in [1.807, 2.05) is 19.1 Å². The highest BCUT2D eigenvalue weighted by Crippen LogP contribution is 2.49. The fourth-order valence-electron chi connectivity index (χ4n) is 9.30. The predicted octanol–water partition coefficient (Wildman–Crippen LogP) is 6.12. The molecule has 4 heterocycles. The zero-order valence-electron chi connectivity index (χ0n) is 33.4. The molecule has 8 rings (SSSR count). The minimum atomic E-state index is -4.89. The van der Waals surface area contributed by atoms with Crippen molar-refractivity contribution in [2.45, 2.75) is 144 Å². The van der Waals surface area contributed by atoms with Gasteiger partial charge in [0.2, 0.25) is 11.8 Å². The first-order chi connectivity index (χ1) is 28.1. The first-order valence-electron chi connectivity index (χ1n) is 20.9. The van der Waals surface area contributed by atoms with Gasteiger partial charge in [0.25, 0.3) is 5.91 Å². The lowest BCUT2D eigenvalue weighted by atomic mass is 9.87. The molecular weight excluding hydrogens is 792 g/mol. The molecule has 4 fully saturated rings. The van der Waals surface area contributed by atoms with E-state index < -0.39 is 75.3 Å². The van der Waals surface area contributed by atoms with Gasteiger partial charge >= 0.3 is 12.5 Å². The van der Waals surface area contributed by atoms with E-state index in [0.29, 0.717) is 72.9 Å². The van der Waals surface area contributed by atoms with Gasteiger partial charge in [0, 0.05) is 36.1 Å². The maximum absolute atomic E-state index is 14.8. The monoisotopic (exact) mass is 843 g/mol. The molecule has 4 amide bonds. The first kappa shape index (κ1) is 41.5. The van der Waals surface area contributed by atoms with E-state index in [4.69, 9.17) is 9.47 Å². The first-order valence-corrected chi connectivity index (χ1v) is 22.1. The number of aromatic nitrogens is 1. The highest BCUT2D eigenvalue weighted by Gasteiger charge is 2.64. The zero-order chi connectivity index (χ0) is 41.7. The summed E-state index contributed by atoms with van der Waals surface area (Å²) < 4.78 is 71.4. The number of pyridine rings is 1. The van der Waals surface area contributed by atoms with E-state index in [-0.39, 0.29) is 31.4 Å². The molecule has 2 aromatic rings. The van der Waals surface area contributed by atoms with Crippen LogP contribution in [0.25, 0.3) is 10.9 Å². The van der Waals surface area contributed by atoms with E-state index in [9.17, 15) is 36.9 Å². The normalized spacial score (nSPS) is 30.4. The van der Waals surface area contributed by atoms with Crippen molar-refractivity contribution in [2.75, 3.05) is 13.2 Å². The fraction of sp³-hybridized carbons (Fsp3) is 0.643. The number of hydrogen-bond acceptors (Lipinski definition) is 9. The van der Waals surface area contributed by atoms with Gasteiger partial charge in [-0.2, -0.15) is 4.72 Å². The molecule has 0 radical (unpaired) electrons. The maximum Gasteiger partial charge on any atom is 0.573 e. The van der Waals surface area contributed by atoms with Crippen molar-refractivity contribution in [3.63, 3.8) is 0 Å². The van der Waals surface area contributed by atoms with Crippen molar-refractivity contribution < 1.29 is 51.1 Å². The Morgan fingerprint density at radius 2 is 1.85 bits per heavy atom. The van der Waals surface area contributed by atoms with E-state index in [0.717, 1.165) is 44.9 Å². The Bertz CT molecular complexity index is 2020. The standard InChI is InChI=1S/C42H52F3N5O8S/c1-25-34-29(30-20-28(57-42(43,44)45)14-15-31(30)46-25)16-17-40(58-34)22-33-35(51)48-41(37(53)49-59(55)39(2)18-19-39)21-27(41)12-6-4-3-5-7-13-32(36(52)50(33)24-40)47-38(54)56-23-26-10-8-9-11-26/h6,12,14-15,20,26-27,32-33H,3-5,7-11,13,16-19,21-24H2,1-2H3,(H,47,54)(H,48,51)(H,49,53)/b12-6-/t27-,32+,33+,40-,41-,59?/m1/s1. The molecule has 6 atom stereocenters. The number of alkyl carbamates (subject to hydrolysis) is 1. The molecule has 3 saturated carbocycles. The number of carbonyl (C=O) groups excluding carboxylic acids is 4. The van der Waals surface area contributed by atoms with Crippen molar-refractivity contribution in [2.24, 2.45) is 11.8 Å². The molecule has 1 aromatic heterocycles. The van der Waals surface area contributed by atoms with Crippen molar-refractivity contribution in [1.29, 1.82) is 0 Å². The summed E-state index contributed by atoms with van der Waals surface area (Å²) in [6.45, 7) is 3.79. The molecule has 13 nitrogen and oxygen atoms in total. The molecule has 0 bridgehead atoms. The summed E-state index contributed by atoms with van der Waals surface area (Å²) in [6, 6.07) is 1.81. The third kappa shape index (κ3) is 8.82. The second-order valence-electron chi connectivity index (χ2n) is 17.6. The van der Waals surface area contributed by atoms with Crippen LogP contribution in [0, 0.1) is 18.8 Å². The van der Waals surface area contributed by atoms with Gasteiger partial charge in [-0.25, -0.2) is 9.78 Å². The minimum absolute atomic E-state index is 0.0275. The van der Waals surface area contributed by atoms with Gasteiger partial charge in [-0.15, -0.1) is 13.2 Å². The maximum atomic E-state index is 14.8. The fourth-order valence-corrected chi connectivity index (χ4v) is 10.4. The van der Waals surface area contributed by atoms with Crippen molar-refractivity contribution >= 4 is 46.1 Å². The molecule has 320 valence electrons. The Kier molecular flexibility index (Phi) is 11.2. The van der Waals surface area contributed by atoms with Gasteiger partial charge in [-0.3, -0.25) is 14.4 Å². The Balaban J connectivity index is 1.10. The molecule has 3 N–H and O–H groups in total. The molecule has 59 heavy (non-hydrogen) atoms. The highest BCUT2D eigenvalue weighted by molar-refractivity contribution is 7.91. The molecule has 3 aliphatic carbocycles. The SMILES string of the molecule is Cc1nc2ccc(OC(F)(F)F)cc2c2c1O[C@]1(CC2)C[C@H]2C(=O)N[C@]3(C(=O)N[S+]([O-])C4(C)CC4)C[C@H]3/C=C\CCCCC[C@H](NC(=O)OCC3CCCC3)C(=O)N2C1. The Labute approximate surface area is 344 Å². The third-order valence-corrected chi connectivity index (χ3v) is 14.8. The number of fused-ring (bicyclic) bond motifs is 5. The van der Waals surface area contributed by atoms with Gasteiger partial charge in [0.1, 0.15) is 39.5 Å². The number of halogens is 3. The Morgan fingerprint density at radius 3 is 2.59 bits per heavy atom. The number of nitrogens with zero attached hydrogens (tertiary/aromatic N) is 2. The van der Waals surface area contributed by atoms with Gasteiger partial charge in [0.15, 0.2) is 0 Å². The number of hydrogen-bond donors (Lipinski definition) is 3. The van der Waals surface area contributed by atoms with Crippen molar-refractivity contribution in [3.05, 3.63) is 41.6 Å². The van der Waals surface area contributed by atoms with Gasteiger partial charge < -0.3 is 34.3 Å². The minimum Gasteiger partial charge on any atom is -0.593 e. The van der Waals surface area contributed by atoms with Crippen LogP contribution in [0.1, 0.15) is 108 Å². The van der Waals surface area contributed by atoms with E-state index in [2.05, 4.69) is 25.1 Å². The summed E-state index contributed by atoms with van der Waals surface area (Å²) in [6.07, 6.45) is 8.03. The quantitative estimate of drug-likeness (QED) is 0.220. The molecule has 6 aliphatic rings. The zero-order valence-corrected chi connectivity index (χ0v) is 34.2. The number of rotatable bonds is 7. The number of alkyl halides is 3. The van der Waals surface area contributed by atoms with Gasteiger partial charge in [-0.1, -0.05) is 37.8 Å². The van der Waals surface area contributed by atoms with E-state index in [1.165, 1.54) is 23.1 Å². The van der Waals surface area contributed by atoms with Crippen LogP contribution >= 0.6 is 0 Å². The summed E-state index contributed by atoms with van der Waals surface area (Å²) in [5, 5.41) is 6.25. The Morgan fingerprint density at radius 1 is 1.08 bits per heavy atom. The molecule has 1 spiro atoms. The van der Waals surface area contributed by atoms with Crippen LogP contribution in [0.5, 0.6) is 11.5 Å². The largest absolute Gasteiger partial charge is 0.593 e. The highest BCUT2D eigenvalue weighted by atomic mass is 32.2. The van der Waals surface area contributed by atoms with Crippen LogP contribution in [0.3, 0.4) is 0 Å². The number of benzene rings is 1. The van der Waals surface area contributed by atoms with Crippen molar-refractivity contribution in [3.8, 4) is 11.5 Å². The number of carbonyl (C=O) groups is 4. The van der Waals surface area contributed by atoms with Crippen LogP contribution in [0.15, 0.2) is 30.4 Å². The molecule has 17 heteroatoms. The van der Waals surface area contributed by atoms with E-state index in [1.54, 1.807) is 6.92 Å². The van der Waals surface area contributed by atoms with Gasteiger partial charge in [0.05, 0.1) is 35.7 Å². The average Bonchev–Trinajstić information content (AvgIpc) is 3.96. The smallest absolute Gasteiger partial charge is 0.573 e. The number of ether oxygens (including phenoxy) is 3. The number of nitrogens with one attached hydrogen (secondary N) is 3. The molecular formula is C42H52F3N5O8S. The summed E-state index contributed by atoms with van der Waals surface area (Å²) >= 11 is -1.65. The Hall–Kier alpha value is -4.25. The van der Waals surface area contributed by atoms with Crippen LogP contribution in [-0.2, 0) is 36.9 Å². The summed E-state index contributed by atoms with van der Waals surface area (Å²) in [4.78, 5) is 62.7. The summed E-state index contributed by atoms with van der Waals surface area (Å²) in [5.74, 6) is -1.74. The van der Waals surface area contributed by atoms with Crippen LogP contribution < -0.4 is 24.8 Å². The molecule has 1 unspecified atom stereocenters. The predicted molar refractivity (Wildman–Crippen MR) is 210 cm³/mol. The molecule has 3 aliphatic heterocycles. The second kappa shape index (κ2) is 16.0. The van der Waals surface area contributed by atoms with Crippen LogP contribution in [0.2, 0.25) is 0 Å². The number of aryl methyl sites for hydroxylation is 2. The molecule has 1 saturated heterocycles. The lowest BCUT2D eigenvalue weighted by molar-refractivity contribution is -0.274. The average molecular weight is 844 g/mol. The lowest BCUT2D eigenvalue weighted by Gasteiger charge is -2.36. The van der Waals surface area contributed by atoms with Gasteiger partial charge in [-0.05, 0) is 89.3 Å². The van der Waals surface area contributed by atoms with Crippen LogP contribution in [-0.4, -0.2) is 85.7 Å². The van der Waals surface area contributed by atoms with Crippen molar-refractivity contribution in [1.82, 2.24) is 25.2 Å².